The summed E-state index contributed by atoms with van der Waals surface area (Å²) in [4.78, 5) is 24.5. The second kappa shape index (κ2) is 6.36. The van der Waals surface area contributed by atoms with E-state index in [1.165, 1.54) is 26.5 Å². The third-order valence-corrected chi connectivity index (χ3v) is 5.37. The van der Waals surface area contributed by atoms with Crippen LogP contribution in [0.2, 0.25) is 0 Å². The molecular formula is C17H15FN4O2S. The molecule has 8 heteroatoms. The predicted molar refractivity (Wildman–Crippen MR) is 92.3 cm³/mol. The third-order valence-electron chi connectivity index (χ3n) is 4.43. The van der Waals surface area contributed by atoms with E-state index in [0.29, 0.717) is 15.6 Å². The standard InChI is InChI=1S/C17H15FN4O2S/c18-13-7-2-1-6-12(13)15-20-19-14(25-15)10-21-8-9-22(11-4-3-5-11)17(24)16(21)23/h1-2,6-9,11H,3-5,10H2. The molecule has 0 radical (unpaired) electrons. The largest absolute Gasteiger partial charge is 0.316 e. The number of hydrogen-bond donors (Lipinski definition) is 0. The van der Waals surface area contributed by atoms with Crippen molar-refractivity contribution in [3.05, 3.63) is 68.2 Å². The summed E-state index contributed by atoms with van der Waals surface area (Å²) in [5.74, 6) is -0.370. The first kappa shape index (κ1) is 15.9. The number of rotatable bonds is 4. The van der Waals surface area contributed by atoms with Gasteiger partial charge in [-0.15, -0.1) is 10.2 Å². The van der Waals surface area contributed by atoms with Crippen LogP contribution in [0.15, 0.2) is 46.2 Å². The van der Waals surface area contributed by atoms with Crippen LogP contribution in [0.1, 0.15) is 30.3 Å². The molecule has 0 saturated heterocycles. The van der Waals surface area contributed by atoms with E-state index in [1.54, 1.807) is 30.6 Å². The van der Waals surface area contributed by atoms with Gasteiger partial charge >= 0.3 is 11.1 Å². The Morgan fingerprint density at radius 1 is 1.12 bits per heavy atom. The minimum atomic E-state index is -0.572. The van der Waals surface area contributed by atoms with Crippen molar-refractivity contribution in [2.24, 2.45) is 0 Å². The van der Waals surface area contributed by atoms with Gasteiger partial charge in [0, 0.05) is 24.0 Å². The van der Waals surface area contributed by atoms with Crippen molar-refractivity contribution in [2.75, 3.05) is 0 Å². The highest BCUT2D eigenvalue weighted by atomic mass is 32.1. The summed E-state index contributed by atoms with van der Waals surface area (Å²) in [6.45, 7) is 0.145. The van der Waals surface area contributed by atoms with Gasteiger partial charge in [-0.25, -0.2) is 4.39 Å². The molecule has 0 bridgehead atoms. The minimum absolute atomic E-state index is 0.143. The van der Waals surface area contributed by atoms with Gasteiger partial charge in [0.2, 0.25) is 0 Å². The molecule has 1 aliphatic rings. The predicted octanol–water partition coefficient (Wildman–Crippen LogP) is 2.44. The van der Waals surface area contributed by atoms with Crippen LogP contribution < -0.4 is 11.1 Å². The van der Waals surface area contributed by atoms with Gasteiger partial charge in [-0.3, -0.25) is 9.59 Å². The van der Waals surface area contributed by atoms with Crippen LogP contribution in [0.25, 0.3) is 10.6 Å². The molecule has 1 saturated carbocycles. The lowest BCUT2D eigenvalue weighted by atomic mass is 9.93. The van der Waals surface area contributed by atoms with E-state index in [4.69, 9.17) is 0 Å². The molecule has 0 aliphatic heterocycles. The van der Waals surface area contributed by atoms with Crippen molar-refractivity contribution < 1.29 is 4.39 Å². The molecule has 2 heterocycles. The zero-order chi connectivity index (χ0) is 17.4. The number of hydrogen-bond acceptors (Lipinski definition) is 5. The number of nitrogens with zero attached hydrogens (tertiary/aromatic N) is 4. The van der Waals surface area contributed by atoms with E-state index in [0.717, 1.165) is 19.3 Å². The third kappa shape index (κ3) is 2.93. The van der Waals surface area contributed by atoms with Crippen molar-refractivity contribution in [1.29, 1.82) is 0 Å². The Balaban J connectivity index is 1.61. The molecule has 0 amide bonds. The summed E-state index contributed by atoms with van der Waals surface area (Å²) in [6, 6.07) is 6.47. The van der Waals surface area contributed by atoms with Gasteiger partial charge in [0.1, 0.15) is 10.8 Å². The first-order valence-corrected chi connectivity index (χ1v) is 8.84. The normalized spacial score (nSPS) is 14.4. The molecule has 0 spiro atoms. The molecule has 6 nitrogen and oxygen atoms in total. The van der Waals surface area contributed by atoms with Gasteiger partial charge in [0.15, 0.2) is 5.01 Å². The van der Waals surface area contributed by atoms with E-state index < -0.39 is 11.1 Å². The zero-order valence-electron chi connectivity index (χ0n) is 13.3. The molecule has 1 aliphatic carbocycles. The zero-order valence-corrected chi connectivity index (χ0v) is 14.1. The van der Waals surface area contributed by atoms with E-state index in [-0.39, 0.29) is 18.4 Å². The maximum Gasteiger partial charge on any atom is 0.316 e. The van der Waals surface area contributed by atoms with Gasteiger partial charge in [0.25, 0.3) is 0 Å². The lowest BCUT2D eigenvalue weighted by Crippen LogP contribution is -2.43. The fourth-order valence-electron chi connectivity index (χ4n) is 2.80. The van der Waals surface area contributed by atoms with Crippen LogP contribution in [0.5, 0.6) is 0 Å². The van der Waals surface area contributed by atoms with Crippen molar-refractivity contribution >= 4 is 11.3 Å². The van der Waals surface area contributed by atoms with E-state index in [1.807, 2.05) is 0 Å². The highest BCUT2D eigenvalue weighted by Gasteiger charge is 2.21. The smallest absolute Gasteiger partial charge is 0.306 e. The Hall–Kier alpha value is -2.61. The Labute approximate surface area is 146 Å². The van der Waals surface area contributed by atoms with Gasteiger partial charge in [-0.05, 0) is 31.4 Å². The van der Waals surface area contributed by atoms with Crippen LogP contribution in [0.3, 0.4) is 0 Å². The molecule has 1 aromatic carbocycles. The van der Waals surface area contributed by atoms with E-state index in [2.05, 4.69) is 10.2 Å². The van der Waals surface area contributed by atoms with Crippen molar-refractivity contribution in [3.63, 3.8) is 0 Å². The minimum Gasteiger partial charge on any atom is -0.306 e. The Morgan fingerprint density at radius 3 is 2.64 bits per heavy atom. The van der Waals surface area contributed by atoms with Gasteiger partial charge < -0.3 is 9.13 Å². The maximum absolute atomic E-state index is 13.8. The average Bonchev–Trinajstić information content (AvgIpc) is 3.01. The molecular weight excluding hydrogens is 343 g/mol. The second-order valence-corrected chi connectivity index (χ2v) is 7.07. The summed E-state index contributed by atoms with van der Waals surface area (Å²) in [6.07, 6.45) is 6.22. The molecule has 25 heavy (non-hydrogen) atoms. The lowest BCUT2D eigenvalue weighted by Gasteiger charge is -2.27. The first-order chi connectivity index (χ1) is 12.1. The SMILES string of the molecule is O=c1c(=O)n(C2CCC2)ccn1Cc1nnc(-c2ccccc2F)s1. The van der Waals surface area contributed by atoms with Crippen molar-refractivity contribution in [3.8, 4) is 10.6 Å². The summed E-state index contributed by atoms with van der Waals surface area (Å²) in [5, 5.41) is 9.00. The quantitative estimate of drug-likeness (QED) is 0.672. The Bertz CT molecular complexity index is 1040. The van der Waals surface area contributed by atoms with Gasteiger partial charge in [-0.2, -0.15) is 0 Å². The average molecular weight is 358 g/mol. The molecule has 0 atom stereocenters. The van der Waals surface area contributed by atoms with Crippen molar-refractivity contribution in [1.82, 2.24) is 19.3 Å². The molecule has 128 valence electrons. The monoisotopic (exact) mass is 358 g/mol. The fraction of sp³-hybridized carbons (Fsp3) is 0.294. The summed E-state index contributed by atoms with van der Waals surface area (Å²) in [5.41, 5.74) is -0.706. The number of benzene rings is 1. The molecule has 3 aromatic rings. The topological polar surface area (TPSA) is 69.8 Å². The number of aromatic nitrogens is 4. The molecule has 1 fully saturated rings. The van der Waals surface area contributed by atoms with Crippen molar-refractivity contribution in [2.45, 2.75) is 31.8 Å². The highest BCUT2D eigenvalue weighted by molar-refractivity contribution is 7.14. The lowest BCUT2D eigenvalue weighted by molar-refractivity contribution is 0.303. The highest BCUT2D eigenvalue weighted by Crippen LogP contribution is 2.29. The fourth-order valence-corrected chi connectivity index (χ4v) is 3.67. The Kier molecular flexibility index (Phi) is 4.04. The van der Waals surface area contributed by atoms with E-state index in [9.17, 15) is 14.0 Å². The van der Waals surface area contributed by atoms with Gasteiger partial charge in [-0.1, -0.05) is 23.5 Å². The van der Waals surface area contributed by atoms with Crippen LogP contribution in [0.4, 0.5) is 4.39 Å². The molecule has 4 rings (SSSR count). The second-order valence-electron chi connectivity index (χ2n) is 6.01. The Morgan fingerprint density at radius 2 is 1.92 bits per heavy atom. The van der Waals surface area contributed by atoms with Crippen LogP contribution in [0, 0.1) is 5.82 Å². The molecule has 2 aromatic heterocycles. The summed E-state index contributed by atoms with van der Waals surface area (Å²) in [7, 11) is 0. The van der Waals surface area contributed by atoms with Gasteiger partial charge in [0.05, 0.1) is 6.54 Å². The molecule has 0 unspecified atom stereocenters. The first-order valence-electron chi connectivity index (χ1n) is 8.02. The van der Waals surface area contributed by atoms with E-state index >= 15 is 0 Å². The summed E-state index contributed by atoms with van der Waals surface area (Å²) < 4.78 is 16.7. The maximum atomic E-state index is 13.8. The van der Waals surface area contributed by atoms with Crippen LogP contribution in [-0.2, 0) is 6.54 Å². The van der Waals surface area contributed by atoms with Crippen LogP contribution in [-0.4, -0.2) is 19.3 Å². The number of halogens is 1. The molecule has 0 N–H and O–H groups in total. The summed E-state index contributed by atoms with van der Waals surface area (Å²) >= 11 is 1.20. The van der Waals surface area contributed by atoms with Crippen LogP contribution >= 0.6 is 11.3 Å².